The number of carbonyl (C=O) groups is 1. The first-order chi connectivity index (χ1) is 11.7. The van der Waals surface area contributed by atoms with Crippen LogP contribution in [-0.4, -0.2) is 25.5 Å². The van der Waals surface area contributed by atoms with Crippen LogP contribution in [0, 0.1) is 5.82 Å². The van der Waals surface area contributed by atoms with Crippen LogP contribution in [0.15, 0.2) is 41.3 Å². The number of hydrogen-bond donors (Lipinski definition) is 1. The Labute approximate surface area is 144 Å². The number of amides is 1. The number of carbonyl (C=O) groups excluding carboxylic acids is 1. The maximum atomic E-state index is 13.7. The van der Waals surface area contributed by atoms with E-state index in [0.29, 0.717) is 36.4 Å². The van der Waals surface area contributed by atoms with E-state index in [0.717, 1.165) is 10.5 Å². The van der Waals surface area contributed by atoms with Crippen LogP contribution in [0.3, 0.4) is 0 Å². The third-order valence-electron chi connectivity index (χ3n) is 3.78. The number of thioether (sulfide) groups is 1. The first-order valence-corrected chi connectivity index (χ1v) is 8.84. The summed E-state index contributed by atoms with van der Waals surface area (Å²) < 4.78 is 24.3. The minimum absolute atomic E-state index is 0.142. The largest absolute Gasteiger partial charge is 0.467 e. The second-order valence-corrected chi connectivity index (χ2v) is 6.28. The van der Waals surface area contributed by atoms with E-state index in [4.69, 9.17) is 9.47 Å². The lowest BCUT2D eigenvalue weighted by atomic mass is 10.1. The topological polar surface area (TPSA) is 47.6 Å². The van der Waals surface area contributed by atoms with Gasteiger partial charge in [-0.25, -0.2) is 4.39 Å². The normalized spacial score (nSPS) is 13.1. The Morgan fingerprint density at radius 1 is 1.29 bits per heavy atom. The standard InChI is InChI=1S/C18H18FNO3S/c1-24-16-4-2-12(3-5-16)18(21)20-7-6-13-8-15(19)9-14-10-22-11-23-17(13)14/h2-5,8-9H,6-7,10-11H2,1H3,(H,20,21). The van der Waals surface area contributed by atoms with E-state index in [2.05, 4.69) is 5.32 Å². The van der Waals surface area contributed by atoms with Crippen LogP contribution in [0.25, 0.3) is 0 Å². The Bertz CT molecular complexity index is 734. The van der Waals surface area contributed by atoms with E-state index in [1.54, 1.807) is 23.9 Å². The van der Waals surface area contributed by atoms with Crippen LogP contribution in [0.2, 0.25) is 0 Å². The maximum Gasteiger partial charge on any atom is 0.251 e. The van der Waals surface area contributed by atoms with Gasteiger partial charge in [-0.1, -0.05) is 0 Å². The molecule has 0 aromatic heterocycles. The highest BCUT2D eigenvalue weighted by Gasteiger charge is 2.17. The number of benzene rings is 2. The lowest BCUT2D eigenvalue weighted by Crippen LogP contribution is -2.26. The van der Waals surface area contributed by atoms with Gasteiger partial charge in [0.2, 0.25) is 0 Å². The molecule has 1 aliphatic rings. The van der Waals surface area contributed by atoms with E-state index in [9.17, 15) is 9.18 Å². The van der Waals surface area contributed by atoms with Crippen molar-refractivity contribution >= 4 is 17.7 Å². The highest BCUT2D eigenvalue weighted by molar-refractivity contribution is 7.98. The van der Waals surface area contributed by atoms with Gasteiger partial charge in [-0.05, 0) is 54.6 Å². The van der Waals surface area contributed by atoms with Gasteiger partial charge in [0.1, 0.15) is 11.6 Å². The van der Waals surface area contributed by atoms with E-state index in [1.807, 2.05) is 18.4 Å². The molecule has 2 aromatic rings. The Morgan fingerprint density at radius 2 is 2.08 bits per heavy atom. The first-order valence-electron chi connectivity index (χ1n) is 7.61. The number of halogens is 1. The van der Waals surface area contributed by atoms with Crippen molar-refractivity contribution in [1.29, 1.82) is 0 Å². The van der Waals surface area contributed by atoms with Crippen molar-refractivity contribution in [3.8, 4) is 5.75 Å². The van der Waals surface area contributed by atoms with Crippen LogP contribution in [-0.2, 0) is 17.8 Å². The molecule has 0 spiro atoms. The summed E-state index contributed by atoms with van der Waals surface area (Å²) in [4.78, 5) is 13.3. The molecule has 1 aliphatic heterocycles. The van der Waals surface area contributed by atoms with E-state index >= 15 is 0 Å². The molecule has 3 rings (SSSR count). The molecule has 2 aromatic carbocycles. The second-order valence-electron chi connectivity index (χ2n) is 5.40. The number of fused-ring (bicyclic) bond motifs is 1. The minimum atomic E-state index is -0.322. The lowest BCUT2D eigenvalue weighted by molar-refractivity contribution is -0.0172. The molecular formula is C18H18FNO3S. The fraction of sp³-hybridized carbons (Fsp3) is 0.278. The van der Waals surface area contributed by atoms with Crippen molar-refractivity contribution in [2.24, 2.45) is 0 Å². The molecule has 0 unspecified atom stereocenters. The van der Waals surface area contributed by atoms with Crippen LogP contribution in [0.4, 0.5) is 4.39 Å². The van der Waals surface area contributed by atoms with Crippen molar-refractivity contribution in [2.45, 2.75) is 17.9 Å². The quantitative estimate of drug-likeness (QED) is 0.843. The number of nitrogens with one attached hydrogen (secondary N) is 1. The predicted octanol–water partition coefficient (Wildman–Crippen LogP) is 3.39. The Morgan fingerprint density at radius 3 is 2.83 bits per heavy atom. The van der Waals surface area contributed by atoms with Crippen molar-refractivity contribution in [3.63, 3.8) is 0 Å². The summed E-state index contributed by atoms with van der Waals surface area (Å²) in [5, 5.41) is 2.86. The zero-order valence-corrected chi connectivity index (χ0v) is 14.1. The second kappa shape index (κ2) is 7.68. The fourth-order valence-electron chi connectivity index (χ4n) is 2.60. The highest BCUT2D eigenvalue weighted by atomic mass is 32.2. The van der Waals surface area contributed by atoms with E-state index < -0.39 is 0 Å². The summed E-state index contributed by atoms with van der Waals surface area (Å²) in [7, 11) is 0. The molecule has 0 saturated heterocycles. The molecule has 1 heterocycles. The van der Waals surface area contributed by atoms with Gasteiger partial charge < -0.3 is 14.8 Å². The zero-order valence-electron chi connectivity index (χ0n) is 13.3. The van der Waals surface area contributed by atoms with Crippen LogP contribution in [0.1, 0.15) is 21.5 Å². The van der Waals surface area contributed by atoms with Gasteiger partial charge in [-0.15, -0.1) is 11.8 Å². The zero-order chi connectivity index (χ0) is 16.9. The third kappa shape index (κ3) is 3.88. The van der Waals surface area contributed by atoms with Crippen molar-refractivity contribution in [1.82, 2.24) is 5.32 Å². The Hall–Kier alpha value is -2.05. The molecule has 6 heteroatoms. The SMILES string of the molecule is CSc1ccc(C(=O)NCCc2cc(F)cc3c2OCOC3)cc1. The molecule has 0 atom stereocenters. The molecule has 1 N–H and O–H groups in total. The molecule has 0 fully saturated rings. The number of hydrogen-bond acceptors (Lipinski definition) is 4. The van der Waals surface area contributed by atoms with Gasteiger partial charge in [-0.3, -0.25) is 4.79 Å². The average Bonchev–Trinajstić information content (AvgIpc) is 2.61. The lowest BCUT2D eigenvalue weighted by Gasteiger charge is -2.21. The summed E-state index contributed by atoms with van der Waals surface area (Å²) >= 11 is 1.63. The number of ether oxygens (including phenoxy) is 2. The molecule has 0 radical (unpaired) electrons. The summed E-state index contributed by atoms with van der Waals surface area (Å²) in [6.45, 7) is 0.914. The molecule has 1 amide bonds. The molecule has 4 nitrogen and oxygen atoms in total. The Kier molecular flexibility index (Phi) is 5.37. The third-order valence-corrected chi connectivity index (χ3v) is 4.53. The van der Waals surface area contributed by atoms with Crippen LogP contribution < -0.4 is 10.1 Å². The van der Waals surface area contributed by atoms with Crippen LogP contribution in [0.5, 0.6) is 5.75 Å². The minimum Gasteiger partial charge on any atom is -0.467 e. The summed E-state index contributed by atoms with van der Waals surface area (Å²) in [6, 6.07) is 10.3. The maximum absolute atomic E-state index is 13.7. The predicted molar refractivity (Wildman–Crippen MR) is 90.9 cm³/mol. The molecule has 24 heavy (non-hydrogen) atoms. The molecule has 0 bridgehead atoms. The van der Waals surface area contributed by atoms with Gasteiger partial charge in [0.15, 0.2) is 6.79 Å². The van der Waals surface area contributed by atoms with Gasteiger partial charge in [-0.2, -0.15) is 0 Å². The molecule has 126 valence electrons. The summed E-state index contributed by atoms with van der Waals surface area (Å²) in [5.41, 5.74) is 2.06. The highest BCUT2D eigenvalue weighted by Crippen LogP contribution is 2.29. The van der Waals surface area contributed by atoms with E-state index in [1.165, 1.54) is 12.1 Å². The van der Waals surface area contributed by atoms with Crippen molar-refractivity contribution in [2.75, 3.05) is 19.6 Å². The summed E-state index contributed by atoms with van der Waals surface area (Å²) in [6.07, 6.45) is 2.48. The summed E-state index contributed by atoms with van der Waals surface area (Å²) in [5.74, 6) is 0.204. The fourth-order valence-corrected chi connectivity index (χ4v) is 3.01. The van der Waals surface area contributed by atoms with Gasteiger partial charge in [0.05, 0.1) is 6.61 Å². The average molecular weight is 347 g/mol. The van der Waals surface area contributed by atoms with Crippen LogP contribution >= 0.6 is 11.8 Å². The van der Waals surface area contributed by atoms with Crippen molar-refractivity contribution < 1.29 is 18.7 Å². The first kappa shape index (κ1) is 16.8. The molecular weight excluding hydrogens is 329 g/mol. The molecule has 0 saturated carbocycles. The monoisotopic (exact) mass is 347 g/mol. The van der Waals surface area contributed by atoms with Gasteiger partial charge in [0, 0.05) is 22.6 Å². The smallest absolute Gasteiger partial charge is 0.251 e. The van der Waals surface area contributed by atoms with Crippen molar-refractivity contribution in [3.05, 3.63) is 58.9 Å². The molecule has 0 aliphatic carbocycles. The Balaban J connectivity index is 1.62. The van der Waals surface area contributed by atoms with Gasteiger partial charge in [0.25, 0.3) is 5.91 Å². The van der Waals surface area contributed by atoms with E-state index in [-0.39, 0.29) is 18.5 Å². The number of rotatable bonds is 5. The van der Waals surface area contributed by atoms with Gasteiger partial charge >= 0.3 is 0 Å².